The first kappa shape index (κ1) is 26.1. The topological polar surface area (TPSA) is 123 Å². The first-order valence-corrected chi connectivity index (χ1v) is 12.1. The van der Waals surface area contributed by atoms with Gasteiger partial charge in [0.1, 0.15) is 28.7 Å². The van der Waals surface area contributed by atoms with Crippen LogP contribution < -0.4 is 20.9 Å². The molecule has 0 saturated heterocycles. The molecule has 38 heavy (non-hydrogen) atoms. The molecular formula is C27H29N7O4. The van der Waals surface area contributed by atoms with Crippen LogP contribution in [0.25, 0.3) is 5.69 Å². The van der Waals surface area contributed by atoms with Gasteiger partial charge in [0.25, 0.3) is 11.5 Å². The van der Waals surface area contributed by atoms with Crippen molar-refractivity contribution in [3.05, 3.63) is 88.6 Å². The molecule has 0 spiro atoms. The number of hydrogen-bond donors (Lipinski definition) is 2. The van der Waals surface area contributed by atoms with Gasteiger partial charge in [0.15, 0.2) is 0 Å². The molecule has 0 atom stereocenters. The number of nitrogens with zero attached hydrogens (tertiary/aromatic N) is 5. The van der Waals surface area contributed by atoms with Gasteiger partial charge in [-0.3, -0.25) is 19.6 Å². The number of anilines is 2. The molecule has 0 unspecified atom stereocenters. The lowest BCUT2D eigenvalue weighted by Crippen LogP contribution is -2.34. The Morgan fingerprint density at radius 3 is 2.34 bits per heavy atom. The zero-order valence-corrected chi connectivity index (χ0v) is 21.6. The SMILES string of the molecule is CCN(CC)C(=O)Nc1cc(Oc2ccc(NC(=O)c3c(C)n(C)n(-c4ccccc4)c3=O)nc2)ccn1. The van der Waals surface area contributed by atoms with E-state index in [1.807, 2.05) is 32.0 Å². The van der Waals surface area contributed by atoms with Crippen LogP contribution in [0.3, 0.4) is 0 Å². The number of carbonyl (C=O) groups excluding carboxylic acids is 2. The molecule has 0 aliphatic rings. The highest BCUT2D eigenvalue weighted by Crippen LogP contribution is 2.23. The summed E-state index contributed by atoms with van der Waals surface area (Å²) in [6.07, 6.45) is 2.98. The van der Waals surface area contributed by atoms with Crippen LogP contribution in [0.15, 0.2) is 71.8 Å². The molecule has 0 radical (unpaired) electrons. The fourth-order valence-corrected chi connectivity index (χ4v) is 3.90. The smallest absolute Gasteiger partial charge is 0.322 e. The van der Waals surface area contributed by atoms with E-state index >= 15 is 0 Å². The van der Waals surface area contributed by atoms with Crippen LogP contribution >= 0.6 is 0 Å². The van der Waals surface area contributed by atoms with Gasteiger partial charge in [-0.2, -0.15) is 0 Å². The number of hydrogen-bond acceptors (Lipinski definition) is 6. The van der Waals surface area contributed by atoms with Gasteiger partial charge in [-0.1, -0.05) is 18.2 Å². The van der Waals surface area contributed by atoms with Crippen molar-refractivity contribution in [1.29, 1.82) is 0 Å². The second-order valence-corrected chi connectivity index (χ2v) is 8.35. The van der Waals surface area contributed by atoms with Gasteiger partial charge in [0, 0.05) is 32.4 Å². The maximum atomic E-state index is 13.1. The molecule has 0 fully saturated rings. The average molecular weight is 516 g/mol. The highest BCUT2D eigenvalue weighted by molar-refractivity contribution is 6.04. The lowest BCUT2D eigenvalue weighted by Gasteiger charge is -2.18. The standard InChI is InChI=1S/C27H29N7O4/c1-5-33(6-2)27(37)31-23-16-20(14-15-28-23)38-21-12-13-22(29-17-21)30-25(35)24-18(3)32(4)34(26(24)36)19-10-8-7-9-11-19/h7-17H,5-6H2,1-4H3,(H,28,31,37)(H,29,30,35). The Morgan fingerprint density at radius 1 is 0.947 bits per heavy atom. The molecule has 11 nitrogen and oxygen atoms in total. The van der Waals surface area contributed by atoms with Crippen LogP contribution in [-0.4, -0.2) is 49.3 Å². The zero-order valence-electron chi connectivity index (χ0n) is 21.6. The van der Waals surface area contributed by atoms with Crippen LogP contribution in [0.5, 0.6) is 11.5 Å². The molecule has 4 aromatic rings. The summed E-state index contributed by atoms with van der Waals surface area (Å²) in [4.78, 5) is 48.4. The number of urea groups is 1. The fraction of sp³-hybridized carbons (Fsp3) is 0.222. The van der Waals surface area contributed by atoms with Crippen molar-refractivity contribution in [3.63, 3.8) is 0 Å². The van der Waals surface area contributed by atoms with Crippen molar-refractivity contribution < 1.29 is 14.3 Å². The molecule has 0 bridgehead atoms. The van der Waals surface area contributed by atoms with Crippen molar-refractivity contribution in [2.75, 3.05) is 23.7 Å². The van der Waals surface area contributed by atoms with Crippen molar-refractivity contribution in [2.45, 2.75) is 20.8 Å². The van der Waals surface area contributed by atoms with Gasteiger partial charge < -0.3 is 15.0 Å². The third-order valence-electron chi connectivity index (χ3n) is 6.01. The van der Waals surface area contributed by atoms with E-state index in [9.17, 15) is 14.4 Å². The molecule has 2 N–H and O–H groups in total. The molecule has 11 heteroatoms. The first-order chi connectivity index (χ1) is 18.3. The zero-order chi connectivity index (χ0) is 27.2. The summed E-state index contributed by atoms with van der Waals surface area (Å²) in [5.41, 5.74) is 0.802. The fourth-order valence-electron chi connectivity index (χ4n) is 3.90. The third kappa shape index (κ3) is 5.56. The van der Waals surface area contributed by atoms with Crippen LogP contribution in [-0.2, 0) is 7.05 Å². The summed E-state index contributed by atoms with van der Waals surface area (Å²) in [6, 6.07) is 15.3. The molecule has 0 aliphatic heterocycles. The highest BCUT2D eigenvalue weighted by Gasteiger charge is 2.22. The Labute approximate surface area is 219 Å². The third-order valence-corrected chi connectivity index (χ3v) is 6.01. The summed E-state index contributed by atoms with van der Waals surface area (Å²) in [5, 5.41) is 5.43. The second kappa shape index (κ2) is 11.4. The second-order valence-electron chi connectivity index (χ2n) is 8.35. The summed E-state index contributed by atoms with van der Waals surface area (Å²) in [7, 11) is 1.73. The van der Waals surface area contributed by atoms with E-state index in [0.717, 1.165) is 0 Å². The molecule has 3 aromatic heterocycles. The summed E-state index contributed by atoms with van der Waals surface area (Å²) in [6.45, 7) is 6.68. The number of pyridine rings is 2. The van der Waals surface area contributed by atoms with Crippen molar-refractivity contribution in [2.24, 2.45) is 7.05 Å². The summed E-state index contributed by atoms with van der Waals surface area (Å²) >= 11 is 0. The van der Waals surface area contributed by atoms with E-state index in [-0.39, 0.29) is 17.4 Å². The van der Waals surface area contributed by atoms with E-state index in [4.69, 9.17) is 4.74 Å². The Balaban J connectivity index is 1.45. The number of nitrogens with one attached hydrogen (secondary N) is 2. The number of aromatic nitrogens is 4. The van der Waals surface area contributed by atoms with Gasteiger partial charge in [0.05, 0.1) is 17.6 Å². The molecular weight excluding hydrogens is 486 g/mol. The highest BCUT2D eigenvalue weighted by atomic mass is 16.5. The van der Waals surface area contributed by atoms with E-state index in [1.54, 1.807) is 60.0 Å². The predicted molar refractivity (Wildman–Crippen MR) is 144 cm³/mol. The molecule has 4 rings (SSSR count). The van der Waals surface area contributed by atoms with Crippen LogP contribution in [0.4, 0.5) is 16.4 Å². The summed E-state index contributed by atoms with van der Waals surface area (Å²) < 4.78 is 8.92. The first-order valence-electron chi connectivity index (χ1n) is 12.1. The number of carbonyl (C=O) groups is 2. The summed E-state index contributed by atoms with van der Waals surface area (Å²) in [5.74, 6) is 0.933. The molecule has 3 amide bonds. The van der Waals surface area contributed by atoms with E-state index in [2.05, 4.69) is 20.6 Å². The maximum absolute atomic E-state index is 13.1. The minimum atomic E-state index is -0.554. The molecule has 0 saturated carbocycles. The van der Waals surface area contributed by atoms with Crippen molar-refractivity contribution in [1.82, 2.24) is 24.2 Å². The number of amides is 3. The van der Waals surface area contributed by atoms with E-state index in [0.29, 0.717) is 41.8 Å². The van der Waals surface area contributed by atoms with Gasteiger partial charge in [-0.05, 0) is 51.1 Å². The quantitative estimate of drug-likeness (QED) is 0.363. The maximum Gasteiger partial charge on any atom is 0.322 e. The van der Waals surface area contributed by atoms with E-state index < -0.39 is 11.5 Å². The normalized spacial score (nSPS) is 10.6. The lowest BCUT2D eigenvalue weighted by molar-refractivity contribution is 0.102. The Kier molecular flexibility index (Phi) is 7.86. The van der Waals surface area contributed by atoms with Crippen LogP contribution in [0.2, 0.25) is 0 Å². The van der Waals surface area contributed by atoms with Crippen molar-refractivity contribution in [3.8, 4) is 17.2 Å². The van der Waals surface area contributed by atoms with Gasteiger partial charge >= 0.3 is 6.03 Å². The van der Waals surface area contributed by atoms with Gasteiger partial charge in [-0.25, -0.2) is 19.4 Å². The van der Waals surface area contributed by atoms with Crippen LogP contribution in [0, 0.1) is 6.92 Å². The Hall–Kier alpha value is -4.93. The number of para-hydroxylation sites is 1. The number of benzene rings is 1. The molecule has 1 aromatic carbocycles. The Bertz CT molecular complexity index is 1490. The monoisotopic (exact) mass is 515 g/mol. The van der Waals surface area contributed by atoms with Crippen LogP contribution in [0.1, 0.15) is 29.9 Å². The Morgan fingerprint density at radius 2 is 1.68 bits per heavy atom. The predicted octanol–water partition coefficient (Wildman–Crippen LogP) is 4.19. The van der Waals surface area contributed by atoms with Gasteiger partial charge in [-0.15, -0.1) is 0 Å². The lowest BCUT2D eigenvalue weighted by atomic mass is 10.2. The molecule has 0 aliphatic carbocycles. The molecule has 196 valence electrons. The average Bonchev–Trinajstić information content (AvgIpc) is 3.14. The largest absolute Gasteiger partial charge is 0.456 e. The van der Waals surface area contributed by atoms with E-state index in [1.165, 1.54) is 17.1 Å². The number of rotatable bonds is 8. The van der Waals surface area contributed by atoms with Gasteiger partial charge in [0.2, 0.25) is 0 Å². The van der Waals surface area contributed by atoms with Crippen molar-refractivity contribution >= 4 is 23.6 Å². The minimum absolute atomic E-state index is 0.0366. The number of ether oxygens (including phenoxy) is 1. The molecule has 3 heterocycles. The minimum Gasteiger partial charge on any atom is -0.456 e.